The number of hydrogen-bond donors (Lipinski definition) is 0. The molecule has 1 aliphatic heterocycles. The maximum absolute atomic E-state index is 5.19. The summed E-state index contributed by atoms with van der Waals surface area (Å²) in [6.07, 6.45) is 10.7. The topological polar surface area (TPSA) is 45.4 Å². The Morgan fingerprint density at radius 3 is 3.05 bits per heavy atom. The third kappa shape index (κ3) is 3.52. The van der Waals surface area contributed by atoms with Gasteiger partial charge in [-0.25, -0.2) is 0 Å². The lowest BCUT2D eigenvalue weighted by Crippen LogP contribution is -2.38. The summed E-state index contributed by atoms with van der Waals surface area (Å²) in [7, 11) is 2.17. The van der Waals surface area contributed by atoms with Gasteiger partial charge in [0, 0.05) is 31.6 Å². The normalized spacial score (nSPS) is 26.8. The Bertz CT molecular complexity index is 484. The molecule has 116 valence electrons. The molecule has 5 heteroatoms. The van der Waals surface area contributed by atoms with Gasteiger partial charge < -0.3 is 4.52 Å². The van der Waals surface area contributed by atoms with E-state index in [2.05, 4.69) is 39.1 Å². The molecule has 0 saturated carbocycles. The lowest BCUT2D eigenvalue weighted by Gasteiger charge is -2.29. The molecule has 1 aliphatic carbocycles. The van der Waals surface area contributed by atoms with Crippen LogP contribution < -0.4 is 0 Å². The lowest BCUT2D eigenvalue weighted by atomic mass is 10.0. The van der Waals surface area contributed by atoms with Crippen LogP contribution in [0.5, 0.6) is 0 Å². The molecule has 2 heterocycles. The highest BCUT2D eigenvalue weighted by molar-refractivity contribution is 5.01. The summed E-state index contributed by atoms with van der Waals surface area (Å²) in [5, 5.41) is 4.05. The number of likely N-dealkylation sites (N-methyl/N-ethyl adjacent to an activating group) is 1. The van der Waals surface area contributed by atoms with Crippen LogP contribution in [0.2, 0.25) is 0 Å². The van der Waals surface area contributed by atoms with Crippen LogP contribution in [0.15, 0.2) is 16.7 Å². The highest BCUT2D eigenvalue weighted by Gasteiger charge is 2.30. The lowest BCUT2D eigenvalue weighted by molar-refractivity contribution is 0.200. The van der Waals surface area contributed by atoms with E-state index in [0.29, 0.717) is 12.1 Å². The van der Waals surface area contributed by atoms with Crippen LogP contribution in [0.1, 0.15) is 44.3 Å². The minimum atomic E-state index is 0.601. The van der Waals surface area contributed by atoms with Crippen molar-refractivity contribution in [3.05, 3.63) is 23.9 Å². The van der Waals surface area contributed by atoms with Crippen LogP contribution in [-0.4, -0.2) is 52.2 Å². The highest BCUT2D eigenvalue weighted by Crippen LogP contribution is 2.23. The van der Waals surface area contributed by atoms with Gasteiger partial charge in [0.2, 0.25) is 5.89 Å². The maximum Gasteiger partial charge on any atom is 0.226 e. The molecule has 0 spiro atoms. The predicted molar refractivity (Wildman–Crippen MR) is 81.9 cm³/mol. The predicted octanol–water partition coefficient (Wildman–Crippen LogP) is 2.25. The number of rotatable bonds is 5. The van der Waals surface area contributed by atoms with Crippen LogP contribution in [-0.2, 0) is 13.0 Å². The number of allylic oxidation sites excluding steroid dienone is 1. The van der Waals surface area contributed by atoms with Crippen molar-refractivity contribution in [2.24, 2.45) is 0 Å². The van der Waals surface area contributed by atoms with Crippen LogP contribution in [0.25, 0.3) is 0 Å². The number of aryl methyl sites for hydroxylation is 1. The summed E-state index contributed by atoms with van der Waals surface area (Å²) in [4.78, 5) is 9.41. The Morgan fingerprint density at radius 2 is 2.33 bits per heavy atom. The molecular formula is C16H26N4O. The molecule has 5 nitrogen and oxygen atoms in total. The summed E-state index contributed by atoms with van der Waals surface area (Å²) in [5.41, 5.74) is 0. The molecule has 1 aromatic heterocycles. The standard InChI is InChI=1S/C16H26N4O/c1-3-16-17-15(18-21-16)12-19(2)14-9-10-20(11-14)13-7-5-4-6-8-13/h5,7,13-14H,3-4,6,8-12H2,1-2H3/t13-,14+/m1/s1. The number of nitrogens with zero attached hydrogens (tertiary/aromatic N) is 4. The van der Waals surface area contributed by atoms with Gasteiger partial charge in [0.1, 0.15) is 0 Å². The Balaban J connectivity index is 1.52. The van der Waals surface area contributed by atoms with Crippen molar-refractivity contribution >= 4 is 0 Å². The molecule has 0 radical (unpaired) electrons. The van der Waals surface area contributed by atoms with E-state index >= 15 is 0 Å². The first-order valence-corrected chi connectivity index (χ1v) is 8.18. The maximum atomic E-state index is 5.19. The zero-order valence-electron chi connectivity index (χ0n) is 13.2. The largest absolute Gasteiger partial charge is 0.339 e. The molecule has 0 amide bonds. The van der Waals surface area contributed by atoms with Crippen LogP contribution in [0.4, 0.5) is 0 Å². The summed E-state index contributed by atoms with van der Waals surface area (Å²) < 4.78 is 5.19. The molecule has 3 rings (SSSR count). The first-order chi connectivity index (χ1) is 10.3. The molecule has 0 unspecified atom stereocenters. The fraction of sp³-hybridized carbons (Fsp3) is 0.750. The van der Waals surface area contributed by atoms with Gasteiger partial charge in [-0.05, 0) is 32.7 Å². The van der Waals surface area contributed by atoms with Gasteiger partial charge in [-0.15, -0.1) is 0 Å². The molecule has 0 aromatic carbocycles. The number of likely N-dealkylation sites (tertiary alicyclic amines) is 1. The van der Waals surface area contributed by atoms with Crippen molar-refractivity contribution in [2.75, 3.05) is 20.1 Å². The second-order valence-electron chi connectivity index (χ2n) is 6.24. The summed E-state index contributed by atoms with van der Waals surface area (Å²) in [5.74, 6) is 1.55. The van der Waals surface area contributed by atoms with E-state index in [-0.39, 0.29) is 0 Å². The van der Waals surface area contributed by atoms with Crippen molar-refractivity contribution in [1.82, 2.24) is 19.9 Å². The first kappa shape index (κ1) is 14.7. The molecular weight excluding hydrogens is 264 g/mol. The average molecular weight is 290 g/mol. The van der Waals surface area contributed by atoms with Crippen molar-refractivity contribution in [2.45, 2.75) is 57.7 Å². The zero-order chi connectivity index (χ0) is 14.7. The van der Waals surface area contributed by atoms with Gasteiger partial charge in [0.25, 0.3) is 0 Å². The second kappa shape index (κ2) is 6.71. The quantitative estimate of drug-likeness (QED) is 0.778. The van der Waals surface area contributed by atoms with Gasteiger partial charge in [0.05, 0.1) is 6.54 Å². The van der Waals surface area contributed by atoms with Crippen LogP contribution in [0, 0.1) is 0 Å². The van der Waals surface area contributed by atoms with E-state index in [0.717, 1.165) is 31.2 Å². The van der Waals surface area contributed by atoms with Crippen LogP contribution in [0.3, 0.4) is 0 Å². The Morgan fingerprint density at radius 1 is 1.43 bits per heavy atom. The Hall–Kier alpha value is -1.20. The van der Waals surface area contributed by atoms with Crippen molar-refractivity contribution in [1.29, 1.82) is 0 Å². The highest BCUT2D eigenvalue weighted by atomic mass is 16.5. The van der Waals surface area contributed by atoms with Gasteiger partial charge >= 0.3 is 0 Å². The Labute approximate surface area is 127 Å². The van der Waals surface area contributed by atoms with E-state index in [1.54, 1.807) is 0 Å². The molecule has 2 aliphatic rings. The fourth-order valence-corrected chi connectivity index (χ4v) is 3.38. The van der Waals surface area contributed by atoms with Gasteiger partial charge in [-0.1, -0.05) is 24.2 Å². The summed E-state index contributed by atoms with van der Waals surface area (Å²) in [6.45, 7) is 5.18. The van der Waals surface area contributed by atoms with Crippen molar-refractivity contribution in [3.8, 4) is 0 Å². The third-order valence-electron chi connectivity index (χ3n) is 4.72. The minimum Gasteiger partial charge on any atom is -0.339 e. The molecule has 1 saturated heterocycles. The van der Waals surface area contributed by atoms with E-state index in [9.17, 15) is 0 Å². The molecule has 0 bridgehead atoms. The number of aromatic nitrogens is 2. The van der Waals surface area contributed by atoms with Gasteiger partial charge in [-0.2, -0.15) is 4.98 Å². The molecule has 21 heavy (non-hydrogen) atoms. The summed E-state index contributed by atoms with van der Waals surface area (Å²) >= 11 is 0. The van der Waals surface area contributed by atoms with Crippen molar-refractivity contribution in [3.63, 3.8) is 0 Å². The SMILES string of the molecule is CCc1nc(CN(C)[C@H]2CCN([C@@H]3C=CCCC3)C2)no1. The van der Waals surface area contributed by atoms with E-state index in [1.165, 1.54) is 32.2 Å². The third-order valence-corrected chi connectivity index (χ3v) is 4.72. The minimum absolute atomic E-state index is 0.601. The second-order valence-corrected chi connectivity index (χ2v) is 6.24. The van der Waals surface area contributed by atoms with E-state index in [1.807, 2.05) is 6.92 Å². The molecule has 0 N–H and O–H groups in total. The number of hydrogen-bond acceptors (Lipinski definition) is 5. The molecule has 1 fully saturated rings. The first-order valence-electron chi connectivity index (χ1n) is 8.18. The van der Waals surface area contributed by atoms with E-state index < -0.39 is 0 Å². The smallest absolute Gasteiger partial charge is 0.226 e. The molecule has 1 aromatic rings. The zero-order valence-corrected chi connectivity index (χ0v) is 13.2. The molecule has 2 atom stereocenters. The van der Waals surface area contributed by atoms with E-state index in [4.69, 9.17) is 4.52 Å². The fourth-order valence-electron chi connectivity index (χ4n) is 3.38. The Kier molecular flexibility index (Phi) is 4.70. The monoisotopic (exact) mass is 290 g/mol. The van der Waals surface area contributed by atoms with Gasteiger partial charge in [0.15, 0.2) is 5.82 Å². The van der Waals surface area contributed by atoms with Crippen LogP contribution >= 0.6 is 0 Å². The average Bonchev–Trinajstić information content (AvgIpc) is 3.17. The summed E-state index contributed by atoms with van der Waals surface area (Å²) in [6, 6.07) is 1.26. The van der Waals surface area contributed by atoms with Crippen molar-refractivity contribution < 1.29 is 4.52 Å². The van der Waals surface area contributed by atoms with Gasteiger partial charge in [-0.3, -0.25) is 9.80 Å².